The van der Waals surface area contributed by atoms with Crippen molar-refractivity contribution in [2.75, 3.05) is 26.2 Å². The molecule has 6 heteroatoms. The van der Waals surface area contributed by atoms with Crippen LogP contribution in [0.2, 0.25) is 0 Å². The van der Waals surface area contributed by atoms with E-state index in [9.17, 15) is 9.59 Å². The second kappa shape index (κ2) is 6.47. The van der Waals surface area contributed by atoms with E-state index in [-0.39, 0.29) is 5.91 Å². The molecule has 0 saturated carbocycles. The van der Waals surface area contributed by atoms with E-state index in [1.165, 1.54) is 5.56 Å². The summed E-state index contributed by atoms with van der Waals surface area (Å²) < 4.78 is 1.76. The fraction of sp³-hybridized carbons (Fsp3) is 0.389. The van der Waals surface area contributed by atoms with Crippen molar-refractivity contribution in [2.45, 2.75) is 13.8 Å². The van der Waals surface area contributed by atoms with Crippen molar-refractivity contribution in [1.82, 2.24) is 19.6 Å². The van der Waals surface area contributed by atoms with E-state index < -0.39 is 0 Å². The summed E-state index contributed by atoms with van der Waals surface area (Å²) in [5.41, 5.74) is 4.81. The van der Waals surface area contributed by atoms with E-state index in [1.807, 2.05) is 13.1 Å². The number of rotatable bonds is 3. The number of piperazine rings is 1. The Hall–Kier alpha value is -2.63. The maximum Gasteiger partial charge on any atom is 0.274 e. The Balaban J connectivity index is 1.85. The number of hydrogen-bond acceptors (Lipinski definition) is 3. The smallest absolute Gasteiger partial charge is 0.274 e. The first-order valence-electron chi connectivity index (χ1n) is 8.10. The van der Waals surface area contributed by atoms with E-state index in [4.69, 9.17) is 0 Å². The van der Waals surface area contributed by atoms with Gasteiger partial charge >= 0.3 is 0 Å². The van der Waals surface area contributed by atoms with Gasteiger partial charge < -0.3 is 9.80 Å². The first-order valence-corrected chi connectivity index (χ1v) is 8.10. The number of aryl methyl sites for hydroxylation is 3. The lowest BCUT2D eigenvalue weighted by atomic mass is 10.0. The number of nitrogens with zero attached hydrogens (tertiary/aromatic N) is 4. The van der Waals surface area contributed by atoms with Crippen LogP contribution in [0.4, 0.5) is 0 Å². The fourth-order valence-corrected chi connectivity index (χ4v) is 3.03. The third kappa shape index (κ3) is 3.04. The molecule has 0 unspecified atom stereocenters. The first-order chi connectivity index (χ1) is 11.5. The molecular weight excluding hydrogens is 304 g/mol. The Kier molecular flexibility index (Phi) is 4.38. The molecule has 0 atom stereocenters. The summed E-state index contributed by atoms with van der Waals surface area (Å²) in [6.45, 7) is 6.36. The highest BCUT2D eigenvalue weighted by atomic mass is 16.2. The average Bonchev–Trinajstić information content (AvgIpc) is 2.98. The predicted octanol–water partition coefficient (Wildman–Crippen LogP) is 1.62. The van der Waals surface area contributed by atoms with Gasteiger partial charge in [0.1, 0.15) is 0 Å². The van der Waals surface area contributed by atoms with Crippen LogP contribution in [0.3, 0.4) is 0 Å². The van der Waals surface area contributed by atoms with E-state index in [0.29, 0.717) is 31.9 Å². The molecule has 0 bridgehead atoms. The highest BCUT2D eigenvalue weighted by Gasteiger charge is 2.24. The molecule has 1 aromatic carbocycles. The lowest BCUT2D eigenvalue weighted by Crippen LogP contribution is -2.48. The van der Waals surface area contributed by atoms with Crippen LogP contribution in [0.15, 0.2) is 24.3 Å². The van der Waals surface area contributed by atoms with E-state index in [1.54, 1.807) is 14.5 Å². The van der Waals surface area contributed by atoms with Crippen molar-refractivity contribution in [2.24, 2.45) is 7.05 Å². The third-order valence-electron chi connectivity index (χ3n) is 4.52. The summed E-state index contributed by atoms with van der Waals surface area (Å²) in [5.74, 6) is -0.0762. The summed E-state index contributed by atoms with van der Waals surface area (Å²) >= 11 is 0. The summed E-state index contributed by atoms with van der Waals surface area (Å²) in [4.78, 5) is 26.9. The SMILES string of the molecule is Cc1ccc(C)c(-c2cc(C(=O)N3CCN(C=O)CC3)nn2C)c1. The molecule has 2 amide bonds. The molecule has 3 rings (SSSR count). The highest BCUT2D eigenvalue weighted by Crippen LogP contribution is 2.25. The molecule has 1 aliphatic heterocycles. The molecule has 0 radical (unpaired) electrons. The second-order valence-corrected chi connectivity index (χ2v) is 6.29. The van der Waals surface area contributed by atoms with Gasteiger partial charge in [0.25, 0.3) is 5.91 Å². The van der Waals surface area contributed by atoms with Gasteiger partial charge in [-0.25, -0.2) is 0 Å². The second-order valence-electron chi connectivity index (χ2n) is 6.29. The molecule has 0 spiro atoms. The Morgan fingerprint density at radius 2 is 1.83 bits per heavy atom. The first kappa shape index (κ1) is 16.2. The Morgan fingerprint density at radius 3 is 2.50 bits per heavy atom. The van der Waals surface area contributed by atoms with Gasteiger partial charge in [-0.05, 0) is 31.5 Å². The minimum Gasteiger partial charge on any atom is -0.342 e. The summed E-state index contributed by atoms with van der Waals surface area (Å²) in [6, 6.07) is 8.13. The van der Waals surface area contributed by atoms with E-state index >= 15 is 0 Å². The molecule has 2 aromatic rings. The molecule has 24 heavy (non-hydrogen) atoms. The topological polar surface area (TPSA) is 58.4 Å². The molecule has 1 fully saturated rings. The van der Waals surface area contributed by atoms with Crippen LogP contribution in [-0.2, 0) is 11.8 Å². The monoisotopic (exact) mass is 326 g/mol. The number of carbonyl (C=O) groups is 2. The summed E-state index contributed by atoms with van der Waals surface area (Å²) in [6.07, 6.45) is 0.835. The normalized spacial score (nSPS) is 14.8. The van der Waals surface area contributed by atoms with E-state index in [0.717, 1.165) is 23.2 Å². The minimum absolute atomic E-state index is 0.0762. The van der Waals surface area contributed by atoms with Crippen LogP contribution in [-0.4, -0.2) is 58.1 Å². The molecule has 1 aliphatic rings. The molecular formula is C18H22N4O2. The molecule has 2 heterocycles. The molecule has 126 valence electrons. The van der Waals surface area contributed by atoms with Crippen LogP contribution in [0.1, 0.15) is 21.6 Å². The predicted molar refractivity (Wildman–Crippen MR) is 91.7 cm³/mol. The van der Waals surface area contributed by atoms with Gasteiger partial charge in [-0.15, -0.1) is 0 Å². The molecule has 0 N–H and O–H groups in total. The van der Waals surface area contributed by atoms with Gasteiger partial charge in [0.2, 0.25) is 6.41 Å². The van der Waals surface area contributed by atoms with Gasteiger partial charge in [-0.2, -0.15) is 5.10 Å². The molecule has 1 saturated heterocycles. The molecule has 1 aromatic heterocycles. The fourth-order valence-electron chi connectivity index (χ4n) is 3.03. The van der Waals surface area contributed by atoms with Crippen molar-refractivity contribution in [1.29, 1.82) is 0 Å². The van der Waals surface area contributed by atoms with E-state index in [2.05, 4.69) is 37.1 Å². The summed E-state index contributed by atoms with van der Waals surface area (Å²) in [5, 5.41) is 4.41. The lowest BCUT2D eigenvalue weighted by molar-refractivity contribution is -0.119. The highest BCUT2D eigenvalue weighted by molar-refractivity contribution is 5.93. The van der Waals surface area contributed by atoms with Crippen molar-refractivity contribution in [3.63, 3.8) is 0 Å². The number of hydrogen-bond donors (Lipinski definition) is 0. The zero-order chi connectivity index (χ0) is 17.3. The number of amides is 2. The van der Waals surface area contributed by atoms with Crippen LogP contribution >= 0.6 is 0 Å². The quantitative estimate of drug-likeness (QED) is 0.805. The van der Waals surface area contributed by atoms with Crippen LogP contribution in [0.5, 0.6) is 0 Å². The maximum absolute atomic E-state index is 12.7. The summed E-state index contributed by atoms with van der Waals surface area (Å²) in [7, 11) is 1.86. The maximum atomic E-state index is 12.7. The largest absolute Gasteiger partial charge is 0.342 e. The van der Waals surface area contributed by atoms with Gasteiger partial charge in [-0.1, -0.05) is 17.7 Å². The van der Waals surface area contributed by atoms with Crippen molar-refractivity contribution in [3.8, 4) is 11.3 Å². The average molecular weight is 326 g/mol. The van der Waals surface area contributed by atoms with Crippen LogP contribution < -0.4 is 0 Å². The lowest BCUT2D eigenvalue weighted by Gasteiger charge is -2.32. The van der Waals surface area contributed by atoms with Crippen molar-refractivity contribution in [3.05, 3.63) is 41.1 Å². The molecule has 6 nitrogen and oxygen atoms in total. The Labute approximate surface area is 141 Å². The molecule has 0 aliphatic carbocycles. The Bertz CT molecular complexity index is 773. The van der Waals surface area contributed by atoms with Crippen molar-refractivity contribution < 1.29 is 9.59 Å². The van der Waals surface area contributed by atoms with Crippen LogP contribution in [0, 0.1) is 13.8 Å². The third-order valence-corrected chi connectivity index (χ3v) is 4.52. The zero-order valence-electron chi connectivity index (χ0n) is 14.3. The van der Waals surface area contributed by atoms with Gasteiger partial charge in [0, 0.05) is 38.8 Å². The van der Waals surface area contributed by atoms with Crippen molar-refractivity contribution >= 4 is 12.3 Å². The number of benzene rings is 1. The Morgan fingerprint density at radius 1 is 1.12 bits per heavy atom. The van der Waals surface area contributed by atoms with Crippen LogP contribution in [0.25, 0.3) is 11.3 Å². The zero-order valence-corrected chi connectivity index (χ0v) is 14.3. The van der Waals surface area contributed by atoms with Gasteiger partial charge in [0.05, 0.1) is 5.69 Å². The number of carbonyl (C=O) groups excluding carboxylic acids is 2. The van der Waals surface area contributed by atoms with Gasteiger partial charge in [0.15, 0.2) is 5.69 Å². The van der Waals surface area contributed by atoms with Gasteiger partial charge in [-0.3, -0.25) is 14.3 Å². The minimum atomic E-state index is -0.0762. The number of aromatic nitrogens is 2. The standard InChI is InChI=1S/C18H22N4O2/c1-13-4-5-14(2)15(10-13)17-11-16(19-20(17)3)18(24)22-8-6-21(12-23)7-9-22/h4-5,10-12H,6-9H2,1-3H3.